The lowest BCUT2D eigenvalue weighted by molar-refractivity contribution is 0.283. The Morgan fingerprint density at radius 3 is 2.94 bits per heavy atom. The fourth-order valence-electron chi connectivity index (χ4n) is 3.11. The van der Waals surface area contributed by atoms with E-state index in [1.165, 1.54) is 34.9 Å². The first kappa shape index (κ1) is 12.2. The largest absolute Gasteiger partial charge is 0.309 e. The molecule has 1 aliphatic rings. The molecule has 0 spiro atoms. The Labute approximate surface area is 113 Å². The van der Waals surface area contributed by atoms with Gasteiger partial charge in [-0.1, -0.05) is 38.5 Å². The first-order valence-corrected chi connectivity index (χ1v) is 7.73. The number of nitrogens with one attached hydrogen (secondary N) is 1. The zero-order valence-corrected chi connectivity index (χ0v) is 12.0. The van der Waals surface area contributed by atoms with E-state index in [1.807, 2.05) is 11.3 Å². The van der Waals surface area contributed by atoms with Crippen LogP contribution in [0, 0.1) is 5.41 Å². The minimum atomic E-state index is 0.464. The summed E-state index contributed by atoms with van der Waals surface area (Å²) in [7, 11) is 0. The first-order chi connectivity index (χ1) is 8.67. The van der Waals surface area contributed by atoms with Crippen LogP contribution in [0.1, 0.15) is 38.7 Å². The van der Waals surface area contributed by atoms with E-state index in [4.69, 9.17) is 0 Å². The molecule has 1 aromatic carbocycles. The van der Waals surface area contributed by atoms with Crippen molar-refractivity contribution in [3.63, 3.8) is 0 Å². The molecule has 1 fully saturated rings. The summed E-state index contributed by atoms with van der Waals surface area (Å²) < 4.78 is 1.40. The minimum absolute atomic E-state index is 0.464. The molecule has 1 heterocycles. The van der Waals surface area contributed by atoms with Crippen LogP contribution in [0.3, 0.4) is 0 Å². The average molecular weight is 259 g/mol. The Bertz CT molecular complexity index is 541. The molecular weight excluding hydrogens is 238 g/mol. The fourth-order valence-corrected chi connectivity index (χ4v) is 4.07. The molecule has 1 atom stereocenters. The van der Waals surface area contributed by atoms with Crippen LogP contribution in [0.5, 0.6) is 0 Å². The normalized spacial score (nSPS) is 22.7. The molecule has 1 unspecified atom stereocenters. The van der Waals surface area contributed by atoms with Gasteiger partial charge in [-0.3, -0.25) is 0 Å². The van der Waals surface area contributed by atoms with E-state index in [-0.39, 0.29) is 0 Å². The highest BCUT2D eigenvalue weighted by Crippen LogP contribution is 2.37. The summed E-state index contributed by atoms with van der Waals surface area (Å²) in [6, 6.07) is 9.39. The standard InChI is InChI=1S/C16H21NS/c1-16(2)9-5-8-15(16)17-10-12-11-18-14-7-4-3-6-13(12)14/h3-4,6-7,11,15,17H,5,8-10H2,1-2H3. The second kappa shape index (κ2) is 4.67. The summed E-state index contributed by atoms with van der Waals surface area (Å²) in [6.45, 7) is 5.80. The second-order valence-corrected chi connectivity index (χ2v) is 6.98. The van der Waals surface area contributed by atoms with E-state index in [1.54, 1.807) is 0 Å². The van der Waals surface area contributed by atoms with E-state index < -0.39 is 0 Å². The Hall–Kier alpha value is -0.860. The van der Waals surface area contributed by atoms with Gasteiger partial charge in [-0.15, -0.1) is 11.3 Å². The fraction of sp³-hybridized carbons (Fsp3) is 0.500. The molecule has 2 heteroatoms. The molecule has 1 saturated carbocycles. The predicted octanol–water partition coefficient (Wildman–Crippen LogP) is 4.57. The third-order valence-electron chi connectivity index (χ3n) is 4.36. The monoisotopic (exact) mass is 259 g/mol. The summed E-state index contributed by atoms with van der Waals surface area (Å²) in [5.74, 6) is 0. The summed E-state index contributed by atoms with van der Waals surface area (Å²) in [4.78, 5) is 0. The third kappa shape index (κ3) is 2.19. The molecule has 1 nitrogen and oxygen atoms in total. The molecule has 3 rings (SSSR count). The molecule has 0 saturated heterocycles. The van der Waals surface area contributed by atoms with Gasteiger partial charge in [-0.2, -0.15) is 0 Å². The Morgan fingerprint density at radius 2 is 2.17 bits per heavy atom. The quantitative estimate of drug-likeness (QED) is 0.851. The third-order valence-corrected chi connectivity index (χ3v) is 5.37. The van der Waals surface area contributed by atoms with Crippen molar-refractivity contribution in [1.82, 2.24) is 5.32 Å². The van der Waals surface area contributed by atoms with Crippen LogP contribution in [0.4, 0.5) is 0 Å². The maximum Gasteiger partial charge on any atom is 0.0346 e. The van der Waals surface area contributed by atoms with Crippen LogP contribution in [0.25, 0.3) is 10.1 Å². The van der Waals surface area contributed by atoms with E-state index in [9.17, 15) is 0 Å². The van der Waals surface area contributed by atoms with E-state index in [0.29, 0.717) is 11.5 Å². The van der Waals surface area contributed by atoms with Crippen molar-refractivity contribution in [2.24, 2.45) is 5.41 Å². The SMILES string of the molecule is CC1(C)CCCC1NCc1csc2ccccc12. The molecule has 1 N–H and O–H groups in total. The average Bonchev–Trinajstić information content (AvgIpc) is 2.90. The van der Waals surface area contributed by atoms with Crippen molar-refractivity contribution in [3.8, 4) is 0 Å². The number of thiophene rings is 1. The van der Waals surface area contributed by atoms with Gasteiger partial charge < -0.3 is 5.32 Å². The van der Waals surface area contributed by atoms with Gasteiger partial charge >= 0.3 is 0 Å². The molecular formula is C16H21NS. The van der Waals surface area contributed by atoms with Crippen molar-refractivity contribution in [1.29, 1.82) is 0 Å². The van der Waals surface area contributed by atoms with Gasteiger partial charge in [0.25, 0.3) is 0 Å². The summed E-state index contributed by atoms with van der Waals surface area (Å²) in [5, 5.41) is 7.50. The van der Waals surface area contributed by atoms with Crippen LogP contribution < -0.4 is 5.32 Å². The van der Waals surface area contributed by atoms with Crippen molar-refractivity contribution in [3.05, 3.63) is 35.2 Å². The van der Waals surface area contributed by atoms with Gasteiger partial charge in [-0.25, -0.2) is 0 Å². The Kier molecular flexibility index (Phi) is 3.16. The maximum atomic E-state index is 3.77. The van der Waals surface area contributed by atoms with Gasteiger partial charge in [0.15, 0.2) is 0 Å². The molecule has 0 bridgehead atoms. The van der Waals surface area contributed by atoms with E-state index in [0.717, 1.165) is 6.54 Å². The molecule has 0 aliphatic heterocycles. The zero-order chi connectivity index (χ0) is 12.6. The lowest BCUT2D eigenvalue weighted by Crippen LogP contribution is -2.37. The highest BCUT2D eigenvalue weighted by Gasteiger charge is 2.33. The summed E-state index contributed by atoms with van der Waals surface area (Å²) >= 11 is 1.86. The number of rotatable bonds is 3. The zero-order valence-electron chi connectivity index (χ0n) is 11.2. The number of hydrogen-bond donors (Lipinski definition) is 1. The van der Waals surface area contributed by atoms with Crippen molar-refractivity contribution in [2.45, 2.75) is 45.7 Å². The van der Waals surface area contributed by atoms with Gasteiger partial charge in [0.1, 0.15) is 0 Å². The van der Waals surface area contributed by atoms with Gasteiger partial charge in [0.2, 0.25) is 0 Å². The van der Waals surface area contributed by atoms with E-state index in [2.05, 4.69) is 48.8 Å². The topological polar surface area (TPSA) is 12.0 Å². The molecule has 18 heavy (non-hydrogen) atoms. The summed E-state index contributed by atoms with van der Waals surface area (Å²) in [5.41, 5.74) is 1.92. The molecule has 0 amide bonds. The number of hydrogen-bond acceptors (Lipinski definition) is 2. The number of fused-ring (bicyclic) bond motifs is 1. The van der Waals surface area contributed by atoms with Crippen molar-refractivity contribution >= 4 is 21.4 Å². The predicted molar refractivity (Wildman–Crippen MR) is 80.1 cm³/mol. The highest BCUT2D eigenvalue weighted by atomic mass is 32.1. The van der Waals surface area contributed by atoms with Gasteiger partial charge in [0, 0.05) is 17.3 Å². The lowest BCUT2D eigenvalue weighted by atomic mass is 9.87. The lowest BCUT2D eigenvalue weighted by Gasteiger charge is -2.27. The van der Waals surface area contributed by atoms with Crippen LogP contribution >= 0.6 is 11.3 Å². The van der Waals surface area contributed by atoms with Crippen LogP contribution in [0.15, 0.2) is 29.6 Å². The molecule has 1 aliphatic carbocycles. The Balaban J connectivity index is 1.74. The first-order valence-electron chi connectivity index (χ1n) is 6.85. The molecule has 0 radical (unpaired) electrons. The van der Waals surface area contributed by atoms with Crippen LogP contribution in [-0.2, 0) is 6.54 Å². The number of benzene rings is 1. The minimum Gasteiger partial charge on any atom is -0.309 e. The Morgan fingerprint density at radius 1 is 1.33 bits per heavy atom. The molecule has 1 aromatic heterocycles. The molecule has 2 aromatic rings. The van der Waals surface area contributed by atoms with E-state index >= 15 is 0 Å². The highest BCUT2D eigenvalue weighted by molar-refractivity contribution is 7.17. The summed E-state index contributed by atoms with van der Waals surface area (Å²) in [6.07, 6.45) is 4.05. The maximum absolute atomic E-state index is 3.77. The molecule has 96 valence electrons. The van der Waals surface area contributed by atoms with Crippen molar-refractivity contribution in [2.75, 3.05) is 0 Å². The second-order valence-electron chi connectivity index (χ2n) is 6.07. The van der Waals surface area contributed by atoms with Gasteiger partial charge in [0.05, 0.1) is 0 Å². The van der Waals surface area contributed by atoms with Gasteiger partial charge in [-0.05, 0) is 40.7 Å². The smallest absolute Gasteiger partial charge is 0.0346 e. The van der Waals surface area contributed by atoms with Crippen LogP contribution in [0.2, 0.25) is 0 Å². The van der Waals surface area contributed by atoms with Crippen LogP contribution in [-0.4, -0.2) is 6.04 Å². The van der Waals surface area contributed by atoms with Crippen molar-refractivity contribution < 1.29 is 0 Å².